The van der Waals surface area contributed by atoms with Gasteiger partial charge in [-0.05, 0) is 63.3 Å². The maximum Gasteiger partial charge on any atom is 0.122 e. The summed E-state index contributed by atoms with van der Waals surface area (Å²) in [7, 11) is 0. The topological polar surface area (TPSA) is 21.3 Å². The Bertz CT molecular complexity index is 428. The first-order valence-corrected chi connectivity index (χ1v) is 8.68. The Labute approximate surface area is 130 Å². The van der Waals surface area contributed by atoms with Gasteiger partial charge in [0.15, 0.2) is 0 Å². The van der Waals surface area contributed by atoms with Gasteiger partial charge in [-0.2, -0.15) is 0 Å². The zero-order valence-electron chi connectivity index (χ0n) is 14.0. The van der Waals surface area contributed by atoms with Gasteiger partial charge in [0.25, 0.3) is 0 Å². The van der Waals surface area contributed by atoms with Crippen molar-refractivity contribution in [2.45, 2.75) is 77.9 Å². The lowest BCUT2D eigenvalue weighted by Gasteiger charge is -2.31. The molecule has 0 aromatic heterocycles. The fourth-order valence-electron chi connectivity index (χ4n) is 3.15. The Balaban J connectivity index is 2.08. The normalized spacial score (nSPS) is 23.4. The van der Waals surface area contributed by atoms with Crippen LogP contribution in [-0.2, 0) is 0 Å². The van der Waals surface area contributed by atoms with E-state index in [0.29, 0.717) is 12.1 Å². The summed E-state index contributed by atoms with van der Waals surface area (Å²) >= 11 is 0. The molecule has 1 aliphatic rings. The molecule has 1 aliphatic carbocycles. The molecule has 2 atom stereocenters. The highest BCUT2D eigenvalue weighted by molar-refractivity contribution is 5.36. The molecule has 2 unspecified atom stereocenters. The molecule has 0 aliphatic heterocycles. The summed E-state index contributed by atoms with van der Waals surface area (Å²) < 4.78 is 6.45. The van der Waals surface area contributed by atoms with Crippen molar-refractivity contribution < 1.29 is 4.74 Å². The maximum absolute atomic E-state index is 6.45. The van der Waals surface area contributed by atoms with Gasteiger partial charge in [0.05, 0.1) is 0 Å². The molecule has 118 valence electrons. The Morgan fingerprint density at radius 2 is 1.86 bits per heavy atom. The van der Waals surface area contributed by atoms with Crippen LogP contribution in [0.2, 0.25) is 0 Å². The minimum absolute atomic E-state index is 0.317. The molecular weight excluding hydrogens is 258 g/mol. The van der Waals surface area contributed by atoms with Crippen molar-refractivity contribution in [2.75, 3.05) is 6.54 Å². The quantitative estimate of drug-likeness (QED) is 0.842. The van der Waals surface area contributed by atoms with E-state index >= 15 is 0 Å². The van der Waals surface area contributed by atoms with Crippen LogP contribution in [0.5, 0.6) is 5.75 Å². The van der Waals surface area contributed by atoms with Gasteiger partial charge < -0.3 is 10.1 Å². The molecule has 1 saturated carbocycles. The zero-order chi connectivity index (χ0) is 15.1. The van der Waals surface area contributed by atoms with E-state index in [1.807, 2.05) is 0 Å². The van der Waals surface area contributed by atoms with Crippen LogP contribution in [0.4, 0.5) is 0 Å². The highest BCUT2D eigenvalue weighted by Crippen LogP contribution is 2.26. The first kappa shape index (κ1) is 16.4. The number of benzene rings is 1. The van der Waals surface area contributed by atoms with Gasteiger partial charge in [-0.3, -0.25) is 0 Å². The first-order chi connectivity index (χ1) is 10.2. The lowest BCUT2D eigenvalue weighted by Crippen LogP contribution is -2.44. The van der Waals surface area contributed by atoms with Gasteiger partial charge in [-0.15, -0.1) is 0 Å². The predicted molar refractivity (Wildman–Crippen MR) is 90.1 cm³/mol. The molecule has 0 radical (unpaired) electrons. The third-order valence-corrected chi connectivity index (χ3v) is 4.48. The van der Waals surface area contributed by atoms with E-state index in [0.717, 1.165) is 12.3 Å². The van der Waals surface area contributed by atoms with Gasteiger partial charge in [0, 0.05) is 6.04 Å². The van der Waals surface area contributed by atoms with Crippen molar-refractivity contribution in [2.24, 2.45) is 0 Å². The number of rotatable bonds is 5. The van der Waals surface area contributed by atoms with Crippen LogP contribution < -0.4 is 10.1 Å². The summed E-state index contributed by atoms with van der Waals surface area (Å²) in [5.74, 6) is 1.07. The minimum atomic E-state index is 0.317. The Morgan fingerprint density at radius 3 is 2.62 bits per heavy atom. The van der Waals surface area contributed by atoms with E-state index < -0.39 is 0 Å². The highest BCUT2D eigenvalue weighted by atomic mass is 16.5. The molecule has 2 rings (SSSR count). The summed E-state index contributed by atoms with van der Waals surface area (Å²) in [6.07, 6.45) is 9.27. The number of hydrogen-bond donors (Lipinski definition) is 1. The summed E-state index contributed by atoms with van der Waals surface area (Å²) in [5.41, 5.74) is 2.52. The number of hydrogen-bond acceptors (Lipinski definition) is 2. The van der Waals surface area contributed by atoms with Crippen LogP contribution in [0.25, 0.3) is 0 Å². The van der Waals surface area contributed by atoms with Crippen LogP contribution in [0.3, 0.4) is 0 Å². The zero-order valence-corrected chi connectivity index (χ0v) is 14.0. The van der Waals surface area contributed by atoms with Crippen molar-refractivity contribution in [3.8, 4) is 5.75 Å². The third-order valence-electron chi connectivity index (χ3n) is 4.48. The van der Waals surface area contributed by atoms with Gasteiger partial charge >= 0.3 is 0 Å². The van der Waals surface area contributed by atoms with Crippen molar-refractivity contribution in [1.29, 1.82) is 0 Å². The molecule has 2 nitrogen and oxygen atoms in total. The van der Waals surface area contributed by atoms with E-state index in [1.165, 1.54) is 56.1 Å². The summed E-state index contributed by atoms with van der Waals surface area (Å²) in [4.78, 5) is 0. The molecule has 2 heteroatoms. The lowest BCUT2D eigenvalue weighted by atomic mass is 9.94. The van der Waals surface area contributed by atoms with E-state index in [2.05, 4.69) is 44.3 Å². The standard InChI is InChI=1S/C19H31NO/c1-4-13-20-17-9-7-5-6-8-10-18(17)21-19-14-15(2)11-12-16(19)3/h11-12,14,17-18,20H,4-10,13H2,1-3H3. The molecule has 21 heavy (non-hydrogen) atoms. The number of ether oxygens (including phenoxy) is 1. The fourth-order valence-corrected chi connectivity index (χ4v) is 3.15. The number of aryl methyl sites for hydroxylation is 2. The van der Waals surface area contributed by atoms with E-state index in [1.54, 1.807) is 0 Å². The highest BCUT2D eigenvalue weighted by Gasteiger charge is 2.24. The van der Waals surface area contributed by atoms with Crippen molar-refractivity contribution in [3.63, 3.8) is 0 Å². The monoisotopic (exact) mass is 289 g/mol. The lowest BCUT2D eigenvalue weighted by molar-refractivity contribution is 0.126. The summed E-state index contributed by atoms with van der Waals surface area (Å²) in [5, 5.41) is 3.72. The van der Waals surface area contributed by atoms with Crippen molar-refractivity contribution in [1.82, 2.24) is 5.32 Å². The molecule has 1 aromatic carbocycles. The Morgan fingerprint density at radius 1 is 1.10 bits per heavy atom. The van der Waals surface area contributed by atoms with Crippen LogP contribution in [-0.4, -0.2) is 18.7 Å². The molecule has 1 N–H and O–H groups in total. The van der Waals surface area contributed by atoms with E-state index in [9.17, 15) is 0 Å². The second-order valence-corrected chi connectivity index (χ2v) is 6.48. The second-order valence-electron chi connectivity index (χ2n) is 6.48. The van der Waals surface area contributed by atoms with Crippen LogP contribution >= 0.6 is 0 Å². The smallest absolute Gasteiger partial charge is 0.122 e. The minimum Gasteiger partial charge on any atom is -0.489 e. The molecule has 1 fully saturated rings. The second kappa shape index (κ2) is 8.43. The number of nitrogens with one attached hydrogen (secondary N) is 1. The molecule has 0 saturated heterocycles. The maximum atomic E-state index is 6.45. The molecule has 0 heterocycles. The molecule has 1 aromatic rings. The van der Waals surface area contributed by atoms with Crippen LogP contribution in [0.15, 0.2) is 18.2 Å². The van der Waals surface area contributed by atoms with Gasteiger partial charge in [0.2, 0.25) is 0 Å². The average molecular weight is 289 g/mol. The third kappa shape index (κ3) is 5.03. The van der Waals surface area contributed by atoms with Gasteiger partial charge in [-0.1, -0.05) is 38.3 Å². The first-order valence-electron chi connectivity index (χ1n) is 8.68. The van der Waals surface area contributed by atoms with E-state index in [-0.39, 0.29) is 0 Å². The molecular formula is C19H31NO. The summed E-state index contributed by atoms with van der Waals surface area (Å²) in [6, 6.07) is 7.02. The SMILES string of the molecule is CCCNC1CCCCCCC1Oc1cc(C)ccc1C. The Kier molecular flexibility index (Phi) is 6.56. The van der Waals surface area contributed by atoms with Crippen LogP contribution in [0, 0.1) is 13.8 Å². The largest absolute Gasteiger partial charge is 0.489 e. The molecule has 0 amide bonds. The molecule has 0 bridgehead atoms. The van der Waals surface area contributed by atoms with Crippen molar-refractivity contribution >= 4 is 0 Å². The van der Waals surface area contributed by atoms with Gasteiger partial charge in [0.1, 0.15) is 11.9 Å². The average Bonchev–Trinajstić information content (AvgIpc) is 2.45. The van der Waals surface area contributed by atoms with Crippen molar-refractivity contribution in [3.05, 3.63) is 29.3 Å². The molecule has 0 spiro atoms. The Hall–Kier alpha value is -1.02. The fraction of sp³-hybridized carbons (Fsp3) is 0.684. The van der Waals surface area contributed by atoms with Gasteiger partial charge in [-0.25, -0.2) is 0 Å². The summed E-state index contributed by atoms with van der Waals surface area (Å²) in [6.45, 7) is 7.61. The predicted octanol–water partition coefficient (Wildman–Crippen LogP) is 4.77. The van der Waals surface area contributed by atoms with Crippen LogP contribution in [0.1, 0.15) is 63.0 Å². The van der Waals surface area contributed by atoms with E-state index in [4.69, 9.17) is 4.74 Å².